The van der Waals surface area contributed by atoms with Crippen LogP contribution in [0.3, 0.4) is 0 Å². The van der Waals surface area contributed by atoms with Crippen LogP contribution in [0.5, 0.6) is 23.0 Å². The molecule has 0 bridgehead atoms. The van der Waals surface area contributed by atoms with E-state index in [1.165, 1.54) is 0 Å². The summed E-state index contributed by atoms with van der Waals surface area (Å²) >= 11 is 0. The Balaban J connectivity index is 1.35. The van der Waals surface area contributed by atoms with E-state index in [1.807, 2.05) is 0 Å². The van der Waals surface area contributed by atoms with Crippen molar-refractivity contribution in [3.8, 4) is 23.0 Å². The number of benzene rings is 2. The average Bonchev–Trinajstić information content (AvgIpc) is 3.13. The van der Waals surface area contributed by atoms with Crippen LogP contribution in [0, 0.1) is 0 Å². The number of carbonyl (C=O) groups excluding carboxylic acids is 2. The SMILES string of the molecule is COc1ccc(OCCNC(=O)CC(=O)Nc2ccc3c(c2)OCO3)cc1. The fourth-order valence-corrected chi connectivity index (χ4v) is 2.42. The maximum absolute atomic E-state index is 12.0. The number of amides is 2. The van der Waals surface area contributed by atoms with Crippen molar-refractivity contribution in [1.29, 1.82) is 0 Å². The van der Waals surface area contributed by atoms with Gasteiger partial charge in [0.25, 0.3) is 0 Å². The molecule has 0 aliphatic carbocycles. The smallest absolute Gasteiger partial charge is 0.233 e. The highest BCUT2D eigenvalue weighted by molar-refractivity contribution is 6.03. The van der Waals surface area contributed by atoms with E-state index in [2.05, 4.69) is 10.6 Å². The highest BCUT2D eigenvalue weighted by atomic mass is 16.7. The lowest BCUT2D eigenvalue weighted by molar-refractivity contribution is -0.126. The third-order valence-electron chi connectivity index (χ3n) is 3.73. The Hall–Kier alpha value is -3.42. The third kappa shape index (κ3) is 5.27. The van der Waals surface area contributed by atoms with Crippen LogP contribution in [0.2, 0.25) is 0 Å². The van der Waals surface area contributed by atoms with Gasteiger partial charge in [-0.1, -0.05) is 0 Å². The molecule has 142 valence electrons. The van der Waals surface area contributed by atoms with Gasteiger partial charge in [0.05, 0.1) is 13.7 Å². The van der Waals surface area contributed by atoms with Crippen molar-refractivity contribution < 1.29 is 28.5 Å². The first kappa shape index (κ1) is 18.4. The molecule has 2 amide bonds. The number of rotatable bonds is 8. The zero-order chi connectivity index (χ0) is 19.1. The van der Waals surface area contributed by atoms with Crippen molar-refractivity contribution in [2.24, 2.45) is 0 Å². The molecule has 0 aromatic heterocycles. The lowest BCUT2D eigenvalue weighted by atomic mass is 10.2. The van der Waals surface area contributed by atoms with Crippen molar-refractivity contribution in [2.45, 2.75) is 6.42 Å². The second-order valence-corrected chi connectivity index (χ2v) is 5.67. The molecule has 1 aliphatic heterocycles. The minimum absolute atomic E-state index is 0.160. The van der Waals surface area contributed by atoms with E-state index in [4.69, 9.17) is 18.9 Å². The van der Waals surface area contributed by atoms with Crippen molar-refractivity contribution >= 4 is 17.5 Å². The van der Waals surface area contributed by atoms with Crippen LogP contribution in [-0.4, -0.2) is 38.9 Å². The Morgan fingerprint density at radius 2 is 1.74 bits per heavy atom. The first-order valence-electron chi connectivity index (χ1n) is 8.37. The van der Waals surface area contributed by atoms with Gasteiger partial charge in [-0.15, -0.1) is 0 Å². The van der Waals surface area contributed by atoms with Crippen LogP contribution in [0.15, 0.2) is 42.5 Å². The second kappa shape index (κ2) is 8.79. The molecular weight excluding hydrogens is 352 g/mol. The predicted molar refractivity (Wildman–Crippen MR) is 97.3 cm³/mol. The first-order chi connectivity index (χ1) is 13.1. The molecule has 0 saturated heterocycles. The van der Waals surface area contributed by atoms with Gasteiger partial charge in [-0.05, 0) is 36.4 Å². The minimum Gasteiger partial charge on any atom is -0.497 e. The van der Waals surface area contributed by atoms with Crippen LogP contribution in [0.25, 0.3) is 0 Å². The quantitative estimate of drug-likeness (QED) is 0.543. The molecule has 1 heterocycles. The standard InChI is InChI=1S/C19H20N2O6/c1-24-14-3-5-15(6-4-14)25-9-8-20-18(22)11-19(23)21-13-2-7-16-17(10-13)27-12-26-16/h2-7,10H,8-9,11-12H2,1H3,(H,20,22)(H,21,23). The van der Waals surface area contributed by atoms with Crippen molar-refractivity contribution in [2.75, 3.05) is 32.4 Å². The molecule has 8 heteroatoms. The summed E-state index contributed by atoms with van der Waals surface area (Å²) in [5.41, 5.74) is 0.542. The molecule has 2 N–H and O–H groups in total. The Bertz CT molecular complexity index is 806. The van der Waals surface area contributed by atoms with Gasteiger partial charge in [-0.25, -0.2) is 0 Å². The number of hydrogen-bond acceptors (Lipinski definition) is 6. The number of methoxy groups -OCH3 is 1. The normalized spacial score (nSPS) is 11.6. The molecule has 0 unspecified atom stereocenters. The van der Waals surface area contributed by atoms with Gasteiger partial charge in [-0.3, -0.25) is 9.59 Å². The van der Waals surface area contributed by atoms with E-state index in [-0.39, 0.29) is 19.1 Å². The van der Waals surface area contributed by atoms with Crippen molar-refractivity contribution in [3.63, 3.8) is 0 Å². The van der Waals surface area contributed by atoms with E-state index in [9.17, 15) is 9.59 Å². The number of ether oxygens (including phenoxy) is 4. The molecule has 27 heavy (non-hydrogen) atoms. The lowest BCUT2D eigenvalue weighted by Crippen LogP contribution is -2.31. The molecule has 1 aliphatic rings. The van der Waals surface area contributed by atoms with Gasteiger partial charge in [0, 0.05) is 11.8 Å². The Labute approximate surface area is 156 Å². The molecule has 0 fully saturated rings. The highest BCUT2D eigenvalue weighted by Gasteiger charge is 2.15. The second-order valence-electron chi connectivity index (χ2n) is 5.67. The van der Waals surface area contributed by atoms with E-state index in [0.717, 1.165) is 5.75 Å². The predicted octanol–water partition coefficient (Wildman–Crippen LogP) is 1.95. The third-order valence-corrected chi connectivity index (χ3v) is 3.73. The highest BCUT2D eigenvalue weighted by Crippen LogP contribution is 2.34. The summed E-state index contributed by atoms with van der Waals surface area (Å²) in [6, 6.07) is 12.2. The molecule has 2 aromatic carbocycles. The summed E-state index contributed by atoms with van der Waals surface area (Å²) in [5, 5.41) is 5.29. The maximum atomic E-state index is 12.0. The van der Waals surface area contributed by atoms with Crippen LogP contribution < -0.4 is 29.6 Å². The van der Waals surface area contributed by atoms with Crippen LogP contribution in [-0.2, 0) is 9.59 Å². The molecule has 0 saturated carbocycles. The van der Waals surface area contributed by atoms with Gasteiger partial charge in [-0.2, -0.15) is 0 Å². The summed E-state index contributed by atoms with van der Waals surface area (Å²) in [7, 11) is 1.59. The van der Waals surface area contributed by atoms with Crippen molar-refractivity contribution in [1.82, 2.24) is 5.32 Å². The zero-order valence-corrected chi connectivity index (χ0v) is 14.8. The topological polar surface area (TPSA) is 95.1 Å². The van der Waals surface area contributed by atoms with Gasteiger partial charge in [0.1, 0.15) is 24.5 Å². The van der Waals surface area contributed by atoms with Crippen LogP contribution in [0.1, 0.15) is 6.42 Å². The average molecular weight is 372 g/mol. The fraction of sp³-hybridized carbons (Fsp3) is 0.263. The molecule has 0 radical (unpaired) electrons. The van der Waals surface area contributed by atoms with E-state index < -0.39 is 5.91 Å². The lowest BCUT2D eigenvalue weighted by Gasteiger charge is -2.09. The number of carbonyl (C=O) groups is 2. The maximum Gasteiger partial charge on any atom is 0.233 e. The summed E-state index contributed by atoms with van der Waals surface area (Å²) < 4.78 is 21.0. The summed E-state index contributed by atoms with van der Waals surface area (Å²) in [5.74, 6) is 1.80. The summed E-state index contributed by atoms with van der Waals surface area (Å²) in [6.07, 6.45) is -0.281. The minimum atomic E-state index is -0.414. The summed E-state index contributed by atoms with van der Waals surface area (Å²) in [4.78, 5) is 23.8. The molecule has 0 atom stereocenters. The summed E-state index contributed by atoms with van der Waals surface area (Å²) in [6.45, 7) is 0.748. The number of hydrogen-bond donors (Lipinski definition) is 2. The molecule has 2 aromatic rings. The molecular formula is C19H20N2O6. The van der Waals surface area contributed by atoms with Gasteiger partial charge in [0.15, 0.2) is 11.5 Å². The molecule has 8 nitrogen and oxygen atoms in total. The number of nitrogens with one attached hydrogen (secondary N) is 2. The Morgan fingerprint density at radius 3 is 2.52 bits per heavy atom. The number of fused-ring (bicyclic) bond motifs is 1. The van der Waals surface area contributed by atoms with Gasteiger partial charge < -0.3 is 29.6 Å². The Morgan fingerprint density at radius 1 is 1.00 bits per heavy atom. The van der Waals surface area contributed by atoms with Crippen molar-refractivity contribution in [3.05, 3.63) is 42.5 Å². The molecule has 0 spiro atoms. The van der Waals surface area contributed by atoms with Gasteiger partial charge >= 0.3 is 0 Å². The number of anilines is 1. The van der Waals surface area contributed by atoms with Crippen LogP contribution >= 0.6 is 0 Å². The fourth-order valence-electron chi connectivity index (χ4n) is 2.42. The zero-order valence-electron chi connectivity index (χ0n) is 14.8. The first-order valence-corrected chi connectivity index (χ1v) is 8.37. The Kier molecular flexibility index (Phi) is 5.98. The molecule has 3 rings (SSSR count). The van der Waals surface area contributed by atoms with E-state index in [1.54, 1.807) is 49.6 Å². The van der Waals surface area contributed by atoms with E-state index >= 15 is 0 Å². The monoisotopic (exact) mass is 372 g/mol. The van der Waals surface area contributed by atoms with E-state index in [0.29, 0.717) is 36.1 Å². The van der Waals surface area contributed by atoms with Gasteiger partial charge in [0.2, 0.25) is 18.6 Å². The largest absolute Gasteiger partial charge is 0.497 e. The van der Waals surface area contributed by atoms with Crippen LogP contribution in [0.4, 0.5) is 5.69 Å².